The first-order valence-electron chi connectivity index (χ1n) is 4.32. The largest absolute Gasteiger partial charge is 0.316 e. The highest BCUT2D eigenvalue weighted by Crippen LogP contribution is 2.39. The van der Waals surface area contributed by atoms with Gasteiger partial charge in [-0.2, -0.15) is 0 Å². The van der Waals surface area contributed by atoms with Gasteiger partial charge in [0.2, 0.25) is 0 Å². The molecule has 1 fully saturated rings. The van der Waals surface area contributed by atoms with Gasteiger partial charge in [-0.1, -0.05) is 6.07 Å². The molecule has 2 rings (SSSR count). The molecule has 72 valence electrons. The van der Waals surface area contributed by atoms with Crippen molar-refractivity contribution in [1.29, 1.82) is 0 Å². The molecule has 1 aromatic heterocycles. The Kier molecular flexibility index (Phi) is 2.34. The van der Waals surface area contributed by atoms with E-state index in [-0.39, 0.29) is 6.42 Å². The molecule has 0 bridgehead atoms. The third-order valence-corrected chi connectivity index (χ3v) is 3.37. The molecule has 1 N–H and O–H groups in total. The number of nitrogens with one attached hydrogen (secondary N) is 1. The fraction of sp³-hybridized carbons (Fsp3) is 0.556. The van der Waals surface area contributed by atoms with Gasteiger partial charge in [0.1, 0.15) is 0 Å². The molecule has 0 saturated carbocycles. The van der Waals surface area contributed by atoms with Crippen molar-refractivity contribution in [2.24, 2.45) is 0 Å². The van der Waals surface area contributed by atoms with E-state index in [0.29, 0.717) is 13.1 Å². The average Bonchev–Trinajstić information content (AvgIpc) is 2.55. The van der Waals surface area contributed by atoms with Crippen molar-refractivity contribution in [2.75, 3.05) is 13.1 Å². The maximum atomic E-state index is 13.4. The summed E-state index contributed by atoms with van der Waals surface area (Å²) in [5.74, 6) is -3.16. The minimum atomic E-state index is -2.53. The van der Waals surface area contributed by atoms with Crippen molar-refractivity contribution in [1.82, 2.24) is 5.32 Å². The summed E-state index contributed by atoms with van der Waals surface area (Å²) in [6, 6.07) is 3.61. The molecule has 1 unspecified atom stereocenters. The number of alkyl halides is 2. The normalized spacial score (nSPS) is 27.4. The van der Waals surface area contributed by atoms with E-state index >= 15 is 0 Å². The molecule has 13 heavy (non-hydrogen) atoms. The van der Waals surface area contributed by atoms with E-state index in [1.807, 2.05) is 11.4 Å². The zero-order valence-electron chi connectivity index (χ0n) is 7.09. The monoisotopic (exact) mass is 203 g/mol. The van der Waals surface area contributed by atoms with Gasteiger partial charge in [0, 0.05) is 24.4 Å². The maximum Gasteiger partial charge on any atom is 0.258 e. The Labute approximate surface area is 79.8 Å². The molecule has 2 heterocycles. The Morgan fingerprint density at radius 1 is 1.54 bits per heavy atom. The lowest BCUT2D eigenvalue weighted by atomic mass is 9.93. The van der Waals surface area contributed by atoms with Crippen molar-refractivity contribution < 1.29 is 8.78 Å². The van der Waals surface area contributed by atoms with Crippen LogP contribution in [0.15, 0.2) is 17.5 Å². The Morgan fingerprint density at radius 2 is 2.38 bits per heavy atom. The topological polar surface area (TPSA) is 12.0 Å². The van der Waals surface area contributed by atoms with E-state index in [0.717, 1.165) is 4.88 Å². The molecular weight excluding hydrogens is 192 g/mol. The van der Waals surface area contributed by atoms with Crippen molar-refractivity contribution in [3.8, 4) is 0 Å². The summed E-state index contributed by atoms with van der Waals surface area (Å²) in [4.78, 5) is 0.789. The van der Waals surface area contributed by atoms with Crippen molar-refractivity contribution >= 4 is 11.3 Å². The minimum absolute atomic E-state index is 0.0461. The van der Waals surface area contributed by atoms with Crippen LogP contribution in [0.3, 0.4) is 0 Å². The second-order valence-electron chi connectivity index (χ2n) is 3.28. The van der Waals surface area contributed by atoms with Crippen molar-refractivity contribution in [3.05, 3.63) is 22.4 Å². The van der Waals surface area contributed by atoms with Gasteiger partial charge in [-0.15, -0.1) is 11.3 Å². The van der Waals surface area contributed by atoms with Gasteiger partial charge in [0.25, 0.3) is 5.92 Å². The molecule has 0 radical (unpaired) electrons. The van der Waals surface area contributed by atoms with E-state index < -0.39 is 11.8 Å². The summed E-state index contributed by atoms with van der Waals surface area (Å²) in [7, 11) is 0. The van der Waals surface area contributed by atoms with E-state index in [4.69, 9.17) is 0 Å². The fourth-order valence-electron chi connectivity index (χ4n) is 1.62. The van der Waals surface area contributed by atoms with Crippen molar-refractivity contribution in [3.63, 3.8) is 0 Å². The Morgan fingerprint density at radius 3 is 3.00 bits per heavy atom. The second kappa shape index (κ2) is 3.35. The predicted molar refractivity (Wildman–Crippen MR) is 49.5 cm³/mol. The number of halogens is 2. The van der Waals surface area contributed by atoms with E-state index in [2.05, 4.69) is 5.32 Å². The van der Waals surface area contributed by atoms with Gasteiger partial charge in [-0.25, -0.2) is 8.78 Å². The number of hydrogen-bond donors (Lipinski definition) is 1. The summed E-state index contributed by atoms with van der Waals surface area (Å²) in [6.45, 7) is 0.822. The van der Waals surface area contributed by atoms with E-state index in [1.165, 1.54) is 11.3 Å². The smallest absolute Gasteiger partial charge is 0.258 e. The van der Waals surface area contributed by atoms with Crippen LogP contribution in [0, 0.1) is 0 Å². The van der Waals surface area contributed by atoms with Crippen LogP contribution < -0.4 is 5.32 Å². The van der Waals surface area contributed by atoms with E-state index in [9.17, 15) is 8.78 Å². The molecule has 0 spiro atoms. The highest BCUT2D eigenvalue weighted by molar-refractivity contribution is 7.10. The minimum Gasteiger partial charge on any atom is -0.316 e. The van der Waals surface area contributed by atoms with Crippen LogP contribution in [0.4, 0.5) is 8.78 Å². The molecule has 1 aromatic rings. The summed E-state index contributed by atoms with van der Waals surface area (Å²) >= 11 is 1.41. The first-order valence-corrected chi connectivity index (χ1v) is 5.20. The molecule has 1 aliphatic heterocycles. The van der Waals surface area contributed by atoms with Crippen LogP contribution in [0.5, 0.6) is 0 Å². The van der Waals surface area contributed by atoms with Crippen LogP contribution in [-0.2, 0) is 0 Å². The zero-order valence-corrected chi connectivity index (χ0v) is 7.91. The van der Waals surface area contributed by atoms with Gasteiger partial charge < -0.3 is 5.32 Å². The third-order valence-electron chi connectivity index (χ3n) is 2.38. The molecule has 1 atom stereocenters. The molecular formula is C9H11F2NS. The second-order valence-corrected chi connectivity index (χ2v) is 4.26. The molecule has 0 amide bonds. The Bertz CT molecular complexity index is 271. The Balaban J connectivity index is 2.21. The first kappa shape index (κ1) is 9.09. The van der Waals surface area contributed by atoms with Crippen LogP contribution in [0.1, 0.15) is 17.2 Å². The average molecular weight is 203 g/mol. The number of rotatable bonds is 1. The molecule has 1 nitrogen and oxygen atoms in total. The first-order chi connectivity index (χ1) is 6.20. The standard InChI is InChI=1S/C9H11F2NS/c10-9(11)3-4-12-6-7(9)8-2-1-5-13-8/h1-2,5,7,12H,3-4,6H2. The lowest BCUT2D eigenvalue weighted by Crippen LogP contribution is -2.42. The number of piperidine rings is 1. The highest BCUT2D eigenvalue weighted by atomic mass is 32.1. The van der Waals surface area contributed by atoms with Crippen LogP contribution in [-0.4, -0.2) is 19.0 Å². The molecule has 0 aliphatic carbocycles. The van der Waals surface area contributed by atoms with E-state index in [1.54, 1.807) is 6.07 Å². The number of thiophene rings is 1. The highest BCUT2D eigenvalue weighted by Gasteiger charge is 2.42. The quantitative estimate of drug-likeness (QED) is 0.739. The molecule has 4 heteroatoms. The summed E-state index contributed by atoms with van der Waals surface area (Å²) in [6.07, 6.45) is -0.0461. The van der Waals surface area contributed by atoms with Gasteiger partial charge in [0.15, 0.2) is 0 Å². The van der Waals surface area contributed by atoms with Gasteiger partial charge in [-0.3, -0.25) is 0 Å². The SMILES string of the molecule is FC1(F)CCNCC1c1cccs1. The summed E-state index contributed by atoms with van der Waals surface area (Å²) < 4.78 is 26.8. The predicted octanol–water partition coefficient (Wildman–Crippen LogP) is 2.46. The fourth-order valence-corrected chi connectivity index (χ4v) is 2.51. The number of hydrogen-bond acceptors (Lipinski definition) is 2. The van der Waals surface area contributed by atoms with Gasteiger partial charge in [0.05, 0.1) is 5.92 Å². The Hall–Kier alpha value is -0.480. The van der Waals surface area contributed by atoms with Crippen LogP contribution >= 0.6 is 11.3 Å². The molecule has 1 aliphatic rings. The van der Waals surface area contributed by atoms with Gasteiger partial charge >= 0.3 is 0 Å². The maximum absolute atomic E-state index is 13.4. The molecule has 1 saturated heterocycles. The summed E-state index contributed by atoms with van der Waals surface area (Å²) in [5, 5.41) is 4.85. The summed E-state index contributed by atoms with van der Waals surface area (Å²) in [5.41, 5.74) is 0. The van der Waals surface area contributed by atoms with Crippen LogP contribution in [0.2, 0.25) is 0 Å². The molecule has 0 aromatic carbocycles. The van der Waals surface area contributed by atoms with Gasteiger partial charge in [-0.05, 0) is 11.4 Å². The van der Waals surface area contributed by atoms with Crippen molar-refractivity contribution in [2.45, 2.75) is 18.3 Å². The lowest BCUT2D eigenvalue weighted by molar-refractivity contribution is -0.0469. The van der Waals surface area contributed by atoms with Crippen LogP contribution in [0.25, 0.3) is 0 Å². The lowest BCUT2D eigenvalue weighted by Gasteiger charge is -2.31. The zero-order chi connectivity index (χ0) is 9.31. The third kappa shape index (κ3) is 1.74.